The van der Waals surface area contributed by atoms with E-state index in [4.69, 9.17) is 0 Å². The molecular weight excluding hydrogens is 190 g/mol. The zero-order chi connectivity index (χ0) is 10.7. The molecule has 2 rings (SSSR count). The summed E-state index contributed by atoms with van der Waals surface area (Å²) in [7, 11) is 0. The average molecular weight is 203 g/mol. The van der Waals surface area contributed by atoms with E-state index in [-0.39, 0.29) is 11.9 Å². The number of amides is 1. The molecular formula is C11H13N3O. The Balaban J connectivity index is 2.19. The molecule has 1 aliphatic heterocycles. The Kier molecular flexibility index (Phi) is 2.76. The maximum atomic E-state index is 11.5. The van der Waals surface area contributed by atoms with Crippen molar-refractivity contribution in [1.29, 1.82) is 0 Å². The van der Waals surface area contributed by atoms with Crippen LogP contribution in [0.2, 0.25) is 0 Å². The van der Waals surface area contributed by atoms with E-state index in [0.717, 1.165) is 18.4 Å². The van der Waals surface area contributed by atoms with E-state index in [1.807, 2.05) is 19.1 Å². The van der Waals surface area contributed by atoms with Gasteiger partial charge in [-0.15, -0.1) is 0 Å². The molecule has 78 valence electrons. The van der Waals surface area contributed by atoms with Crippen LogP contribution in [0.1, 0.15) is 25.3 Å². The lowest BCUT2D eigenvalue weighted by molar-refractivity contribution is -0.120. The van der Waals surface area contributed by atoms with Gasteiger partial charge in [-0.05, 0) is 18.6 Å². The highest BCUT2D eigenvalue weighted by molar-refractivity contribution is 6.13. The molecule has 0 fully saturated rings. The molecule has 1 aromatic rings. The summed E-state index contributed by atoms with van der Waals surface area (Å²) in [6.45, 7) is 2.05. The first-order valence-corrected chi connectivity index (χ1v) is 5.10. The molecule has 0 aromatic carbocycles. The largest absolute Gasteiger partial charge is 0.309 e. The average Bonchev–Trinajstić information content (AvgIpc) is 2.63. The lowest BCUT2D eigenvalue weighted by Crippen LogP contribution is -2.29. The van der Waals surface area contributed by atoms with Gasteiger partial charge in [0.05, 0.1) is 0 Å². The van der Waals surface area contributed by atoms with E-state index < -0.39 is 0 Å². The molecule has 0 spiro atoms. The van der Waals surface area contributed by atoms with Crippen LogP contribution in [0.3, 0.4) is 0 Å². The van der Waals surface area contributed by atoms with Crippen molar-refractivity contribution in [1.82, 2.24) is 10.3 Å². The van der Waals surface area contributed by atoms with Crippen LogP contribution in [-0.2, 0) is 4.79 Å². The van der Waals surface area contributed by atoms with Crippen molar-refractivity contribution < 1.29 is 4.79 Å². The van der Waals surface area contributed by atoms with Gasteiger partial charge in [-0.2, -0.15) is 0 Å². The third kappa shape index (κ3) is 2.03. The molecule has 0 saturated carbocycles. The molecule has 1 unspecified atom stereocenters. The van der Waals surface area contributed by atoms with Gasteiger partial charge >= 0.3 is 0 Å². The number of aromatic nitrogens is 1. The molecule has 1 aliphatic rings. The predicted molar refractivity (Wildman–Crippen MR) is 57.6 cm³/mol. The minimum Gasteiger partial charge on any atom is -0.309 e. The maximum Gasteiger partial charge on any atom is 0.250 e. The van der Waals surface area contributed by atoms with Crippen LogP contribution in [-0.4, -0.2) is 22.8 Å². The Morgan fingerprint density at radius 1 is 1.40 bits per heavy atom. The lowest BCUT2D eigenvalue weighted by atomic mass is 10.2. The number of amidine groups is 1. The van der Waals surface area contributed by atoms with Crippen molar-refractivity contribution in [3.05, 3.63) is 30.1 Å². The molecule has 0 saturated heterocycles. The Morgan fingerprint density at radius 2 is 2.13 bits per heavy atom. The molecule has 4 nitrogen and oxygen atoms in total. The molecule has 1 atom stereocenters. The van der Waals surface area contributed by atoms with Crippen LogP contribution in [0, 0.1) is 0 Å². The highest BCUT2D eigenvalue weighted by Gasteiger charge is 2.25. The van der Waals surface area contributed by atoms with E-state index in [1.54, 1.807) is 12.4 Å². The van der Waals surface area contributed by atoms with Crippen LogP contribution in [0.25, 0.3) is 0 Å². The molecule has 15 heavy (non-hydrogen) atoms. The zero-order valence-electron chi connectivity index (χ0n) is 8.60. The summed E-state index contributed by atoms with van der Waals surface area (Å²) in [5.74, 6) is 0.671. The minimum atomic E-state index is -0.210. The van der Waals surface area contributed by atoms with Crippen molar-refractivity contribution in [3.63, 3.8) is 0 Å². The highest BCUT2D eigenvalue weighted by atomic mass is 16.2. The van der Waals surface area contributed by atoms with E-state index in [1.165, 1.54) is 0 Å². The number of carbonyl (C=O) groups is 1. The highest BCUT2D eigenvalue weighted by Crippen LogP contribution is 2.11. The second-order valence-corrected chi connectivity index (χ2v) is 3.51. The summed E-state index contributed by atoms with van der Waals surface area (Å²) < 4.78 is 0. The van der Waals surface area contributed by atoms with Gasteiger partial charge in [0.15, 0.2) is 0 Å². The normalized spacial score (nSPS) is 19.9. The first kappa shape index (κ1) is 9.83. The van der Waals surface area contributed by atoms with Crippen LogP contribution in [0.5, 0.6) is 0 Å². The number of hydrogen-bond acceptors (Lipinski definition) is 3. The fraction of sp³-hybridized carbons (Fsp3) is 0.364. The number of nitrogens with one attached hydrogen (secondary N) is 1. The molecule has 4 heteroatoms. The van der Waals surface area contributed by atoms with Crippen molar-refractivity contribution in [2.45, 2.75) is 25.8 Å². The van der Waals surface area contributed by atoms with E-state index in [2.05, 4.69) is 15.3 Å². The molecule has 1 N–H and O–H groups in total. The van der Waals surface area contributed by atoms with Crippen molar-refractivity contribution in [2.75, 3.05) is 0 Å². The van der Waals surface area contributed by atoms with Crippen molar-refractivity contribution >= 4 is 11.7 Å². The molecule has 0 radical (unpaired) electrons. The number of aliphatic imine (C=N–C) groups is 1. The van der Waals surface area contributed by atoms with Gasteiger partial charge in [0, 0.05) is 18.0 Å². The first-order valence-electron chi connectivity index (χ1n) is 5.10. The van der Waals surface area contributed by atoms with Gasteiger partial charge in [-0.1, -0.05) is 13.3 Å². The monoisotopic (exact) mass is 203 g/mol. The summed E-state index contributed by atoms with van der Waals surface area (Å²) in [4.78, 5) is 19.8. The number of carbonyl (C=O) groups excluding carboxylic acids is 1. The van der Waals surface area contributed by atoms with Crippen molar-refractivity contribution in [3.8, 4) is 0 Å². The Labute approximate surface area is 88.4 Å². The lowest BCUT2D eigenvalue weighted by Gasteiger charge is -1.99. The maximum absolute atomic E-state index is 11.5. The van der Waals surface area contributed by atoms with Gasteiger partial charge < -0.3 is 5.32 Å². The van der Waals surface area contributed by atoms with Gasteiger partial charge in [0.1, 0.15) is 11.9 Å². The second kappa shape index (κ2) is 4.21. The summed E-state index contributed by atoms with van der Waals surface area (Å²) >= 11 is 0. The number of pyridine rings is 1. The molecule has 1 aromatic heterocycles. The molecule has 2 heterocycles. The van der Waals surface area contributed by atoms with Crippen LogP contribution in [0.4, 0.5) is 0 Å². The number of hydrogen-bond donors (Lipinski definition) is 1. The van der Waals surface area contributed by atoms with E-state index in [0.29, 0.717) is 5.84 Å². The third-order valence-corrected chi connectivity index (χ3v) is 2.35. The number of rotatable bonds is 3. The Morgan fingerprint density at radius 3 is 2.80 bits per heavy atom. The smallest absolute Gasteiger partial charge is 0.250 e. The van der Waals surface area contributed by atoms with Gasteiger partial charge in [-0.25, -0.2) is 0 Å². The quantitative estimate of drug-likeness (QED) is 0.800. The summed E-state index contributed by atoms with van der Waals surface area (Å²) in [6, 6.07) is 3.47. The zero-order valence-corrected chi connectivity index (χ0v) is 8.60. The summed E-state index contributed by atoms with van der Waals surface area (Å²) in [5, 5.41) is 2.79. The minimum absolute atomic E-state index is 0.00339. The predicted octanol–water partition coefficient (Wildman–Crippen LogP) is 1.13. The summed E-state index contributed by atoms with van der Waals surface area (Å²) in [6.07, 6.45) is 5.15. The van der Waals surface area contributed by atoms with Crippen molar-refractivity contribution in [2.24, 2.45) is 4.99 Å². The molecule has 1 amide bonds. The number of nitrogens with zero attached hydrogens (tertiary/aromatic N) is 2. The summed E-state index contributed by atoms with van der Waals surface area (Å²) in [5.41, 5.74) is 0.914. The van der Waals surface area contributed by atoms with Gasteiger partial charge in [0.25, 0.3) is 0 Å². The first-order chi connectivity index (χ1) is 7.31. The Hall–Kier alpha value is -1.71. The third-order valence-electron chi connectivity index (χ3n) is 2.35. The fourth-order valence-corrected chi connectivity index (χ4v) is 1.57. The van der Waals surface area contributed by atoms with Gasteiger partial charge in [-0.3, -0.25) is 14.8 Å². The Bertz CT molecular complexity index is 386. The van der Waals surface area contributed by atoms with E-state index in [9.17, 15) is 4.79 Å². The SMILES string of the molecule is CCCC1N=C(c2ccncc2)NC1=O. The molecule has 0 bridgehead atoms. The van der Waals surface area contributed by atoms with Crippen LogP contribution < -0.4 is 5.32 Å². The van der Waals surface area contributed by atoms with Crippen LogP contribution in [0.15, 0.2) is 29.5 Å². The standard InChI is InChI=1S/C11H13N3O/c1-2-3-9-11(15)14-10(13-9)8-4-6-12-7-5-8/h4-7,9H,2-3H2,1H3,(H,13,14,15). The fourth-order valence-electron chi connectivity index (χ4n) is 1.57. The second-order valence-electron chi connectivity index (χ2n) is 3.51. The molecule has 0 aliphatic carbocycles. The van der Waals surface area contributed by atoms with Gasteiger partial charge in [0.2, 0.25) is 5.91 Å². The van der Waals surface area contributed by atoms with E-state index >= 15 is 0 Å². The van der Waals surface area contributed by atoms with Crippen LogP contribution >= 0.6 is 0 Å². The topological polar surface area (TPSA) is 54.4 Å².